The maximum atomic E-state index is 6.15. The van der Waals surface area contributed by atoms with Gasteiger partial charge < -0.3 is 0 Å². The number of hydrogen-bond donors (Lipinski definition) is 0. The Balaban J connectivity index is 1.93. The van der Waals surface area contributed by atoms with Crippen LogP contribution in [0.3, 0.4) is 0 Å². The first kappa shape index (κ1) is 15.1. The molecule has 0 aliphatic carbocycles. The molecule has 24 heavy (non-hydrogen) atoms. The number of halogens is 2. The molecule has 0 spiro atoms. The standard InChI is InChI=1S/C19H11Cl2N3/c20-14-8-3-7-13(11-14)17-22-18(24-19(21)23-17)16-10-4-6-12-5-1-2-9-15(12)16/h1-11H. The lowest BCUT2D eigenvalue weighted by atomic mass is 10.0. The molecule has 3 aromatic carbocycles. The first-order valence-corrected chi connectivity index (χ1v) is 8.12. The van der Waals surface area contributed by atoms with Crippen molar-refractivity contribution in [1.29, 1.82) is 0 Å². The van der Waals surface area contributed by atoms with Gasteiger partial charge >= 0.3 is 0 Å². The number of rotatable bonds is 2. The molecule has 0 aliphatic rings. The average Bonchev–Trinajstić information content (AvgIpc) is 2.61. The van der Waals surface area contributed by atoms with Gasteiger partial charge in [0, 0.05) is 16.1 Å². The highest BCUT2D eigenvalue weighted by Gasteiger charge is 2.11. The van der Waals surface area contributed by atoms with Crippen LogP contribution in [0.1, 0.15) is 0 Å². The molecule has 0 aliphatic heterocycles. The van der Waals surface area contributed by atoms with Gasteiger partial charge in [0.15, 0.2) is 11.6 Å². The van der Waals surface area contributed by atoms with E-state index >= 15 is 0 Å². The van der Waals surface area contributed by atoms with E-state index in [4.69, 9.17) is 23.2 Å². The molecule has 1 aromatic heterocycles. The van der Waals surface area contributed by atoms with Crippen molar-refractivity contribution in [2.24, 2.45) is 0 Å². The van der Waals surface area contributed by atoms with Gasteiger partial charge in [-0.1, -0.05) is 66.2 Å². The summed E-state index contributed by atoms with van der Waals surface area (Å²) < 4.78 is 0. The Bertz CT molecular complexity index is 1040. The first-order chi connectivity index (χ1) is 11.7. The molecule has 0 N–H and O–H groups in total. The Hall–Kier alpha value is -2.49. The fourth-order valence-electron chi connectivity index (χ4n) is 2.65. The Labute approximate surface area is 148 Å². The van der Waals surface area contributed by atoms with E-state index in [9.17, 15) is 0 Å². The van der Waals surface area contributed by atoms with Gasteiger partial charge in [0.1, 0.15) is 0 Å². The van der Waals surface area contributed by atoms with Crippen LogP contribution in [0.25, 0.3) is 33.5 Å². The number of aromatic nitrogens is 3. The molecule has 0 saturated carbocycles. The summed E-state index contributed by atoms with van der Waals surface area (Å²) in [6.45, 7) is 0. The van der Waals surface area contributed by atoms with Gasteiger partial charge in [-0.05, 0) is 34.5 Å². The summed E-state index contributed by atoms with van der Waals surface area (Å²) in [6, 6.07) is 21.5. The smallest absolute Gasteiger partial charge is 0.208 e. The maximum absolute atomic E-state index is 6.15. The molecule has 0 amide bonds. The highest BCUT2D eigenvalue weighted by Crippen LogP contribution is 2.28. The Kier molecular flexibility index (Phi) is 3.89. The second kappa shape index (κ2) is 6.19. The fraction of sp³-hybridized carbons (Fsp3) is 0. The topological polar surface area (TPSA) is 38.7 Å². The van der Waals surface area contributed by atoms with E-state index in [1.807, 2.05) is 42.5 Å². The molecule has 116 valence electrons. The van der Waals surface area contributed by atoms with Gasteiger partial charge in [-0.2, -0.15) is 9.97 Å². The Morgan fingerprint density at radius 1 is 0.667 bits per heavy atom. The van der Waals surface area contributed by atoms with Crippen LogP contribution in [0.5, 0.6) is 0 Å². The van der Waals surface area contributed by atoms with Crippen molar-refractivity contribution < 1.29 is 0 Å². The first-order valence-electron chi connectivity index (χ1n) is 7.36. The van der Waals surface area contributed by atoms with Gasteiger partial charge in [-0.3, -0.25) is 0 Å². The molecule has 4 aromatic rings. The third-order valence-electron chi connectivity index (χ3n) is 3.72. The molecule has 0 bridgehead atoms. The number of fused-ring (bicyclic) bond motifs is 1. The van der Waals surface area contributed by atoms with Crippen LogP contribution in [0.15, 0.2) is 66.7 Å². The fourth-order valence-corrected chi connectivity index (χ4v) is 3.00. The SMILES string of the molecule is Clc1cccc(-c2nc(Cl)nc(-c3cccc4ccccc34)n2)c1. The molecular formula is C19H11Cl2N3. The largest absolute Gasteiger partial charge is 0.226 e. The maximum Gasteiger partial charge on any atom is 0.226 e. The zero-order valence-electron chi connectivity index (χ0n) is 12.4. The van der Waals surface area contributed by atoms with Crippen molar-refractivity contribution in [3.8, 4) is 22.8 Å². The van der Waals surface area contributed by atoms with Crippen molar-refractivity contribution >= 4 is 34.0 Å². The van der Waals surface area contributed by atoms with Gasteiger partial charge in [0.2, 0.25) is 5.28 Å². The van der Waals surface area contributed by atoms with E-state index in [1.165, 1.54) is 0 Å². The van der Waals surface area contributed by atoms with Gasteiger partial charge in [-0.15, -0.1) is 0 Å². The summed E-state index contributed by atoms with van der Waals surface area (Å²) in [5.74, 6) is 1.04. The number of nitrogens with zero attached hydrogens (tertiary/aromatic N) is 3. The van der Waals surface area contributed by atoms with E-state index < -0.39 is 0 Å². The predicted molar refractivity (Wildman–Crippen MR) is 98.2 cm³/mol. The van der Waals surface area contributed by atoms with E-state index in [0.29, 0.717) is 16.7 Å². The summed E-state index contributed by atoms with van der Waals surface area (Å²) in [6.07, 6.45) is 0. The lowest BCUT2D eigenvalue weighted by Gasteiger charge is -2.08. The van der Waals surface area contributed by atoms with Crippen LogP contribution in [-0.2, 0) is 0 Å². The molecular weight excluding hydrogens is 341 g/mol. The molecule has 0 fully saturated rings. The summed E-state index contributed by atoms with van der Waals surface area (Å²) in [5.41, 5.74) is 1.72. The predicted octanol–water partition coefficient (Wildman–Crippen LogP) is 5.67. The quantitative estimate of drug-likeness (QED) is 0.467. The Morgan fingerprint density at radius 3 is 2.29 bits per heavy atom. The molecule has 0 unspecified atom stereocenters. The van der Waals surface area contributed by atoms with E-state index in [-0.39, 0.29) is 5.28 Å². The molecule has 1 heterocycles. The minimum Gasteiger partial charge on any atom is -0.208 e. The molecule has 4 rings (SSSR count). The monoisotopic (exact) mass is 351 g/mol. The van der Waals surface area contributed by atoms with Crippen LogP contribution in [0.4, 0.5) is 0 Å². The van der Waals surface area contributed by atoms with Crippen molar-refractivity contribution in [3.05, 3.63) is 77.0 Å². The molecule has 0 radical (unpaired) electrons. The average molecular weight is 352 g/mol. The summed E-state index contributed by atoms with van der Waals surface area (Å²) in [4.78, 5) is 13.1. The van der Waals surface area contributed by atoms with Crippen molar-refractivity contribution in [3.63, 3.8) is 0 Å². The number of hydrogen-bond acceptors (Lipinski definition) is 3. The van der Waals surface area contributed by atoms with Crippen molar-refractivity contribution in [2.75, 3.05) is 0 Å². The van der Waals surface area contributed by atoms with Gasteiger partial charge in [-0.25, -0.2) is 4.98 Å². The van der Waals surface area contributed by atoms with Gasteiger partial charge in [0.05, 0.1) is 0 Å². The van der Waals surface area contributed by atoms with Crippen LogP contribution in [0, 0.1) is 0 Å². The lowest BCUT2D eigenvalue weighted by molar-refractivity contribution is 1.07. The van der Waals surface area contributed by atoms with Crippen LogP contribution in [0.2, 0.25) is 10.3 Å². The summed E-state index contributed by atoms with van der Waals surface area (Å²) >= 11 is 12.2. The minimum absolute atomic E-state index is 0.155. The molecule has 0 saturated heterocycles. The minimum atomic E-state index is 0.155. The highest BCUT2D eigenvalue weighted by molar-refractivity contribution is 6.30. The highest BCUT2D eigenvalue weighted by atomic mass is 35.5. The third kappa shape index (κ3) is 2.84. The van der Waals surface area contributed by atoms with E-state index in [2.05, 4.69) is 27.1 Å². The third-order valence-corrected chi connectivity index (χ3v) is 4.13. The summed E-state index contributed by atoms with van der Waals surface area (Å²) in [5, 5.41) is 2.97. The normalized spacial score (nSPS) is 10.9. The molecule has 3 nitrogen and oxygen atoms in total. The van der Waals surface area contributed by atoms with Crippen LogP contribution in [-0.4, -0.2) is 15.0 Å². The second-order valence-corrected chi connectivity index (χ2v) is 6.06. The second-order valence-electron chi connectivity index (χ2n) is 5.29. The van der Waals surface area contributed by atoms with Crippen LogP contribution < -0.4 is 0 Å². The lowest BCUT2D eigenvalue weighted by Crippen LogP contribution is -1.97. The van der Waals surface area contributed by atoms with E-state index in [1.54, 1.807) is 12.1 Å². The van der Waals surface area contributed by atoms with Crippen molar-refractivity contribution in [2.45, 2.75) is 0 Å². The molecule has 5 heteroatoms. The van der Waals surface area contributed by atoms with Crippen LogP contribution >= 0.6 is 23.2 Å². The molecule has 0 atom stereocenters. The van der Waals surface area contributed by atoms with Gasteiger partial charge in [0.25, 0.3) is 0 Å². The summed E-state index contributed by atoms with van der Waals surface area (Å²) in [7, 11) is 0. The Morgan fingerprint density at radius 2 is 1.42 bits per heavy atom. The van der Waals surface area contributed by atoms with Crippen molar-refractivity contribution in [1.82, 2.24) is 15.0 Å². The van der Waals surface area contributed by atoms with E-state index in [0.717, 1.165) is 21.9 Å². The zero-order chi connectivity index (χ0) is 16.5. The number of benzene rings is 3. The zero-order valence-corrected chi connectivity index (χ0v) is 14.0.